The number of aromatic amines is 1. The van der Waals surface area contributed by atoms with Crippen molar-refractivity contribution in [3.8, 4) is 11.4 Å². The number of aryl methyl sites for hydroxylation is 1. The van der Waals surface area contributed by atoms with Crippen LogP contribution in [0.15, 0.2) is 47.6 Å². The molecule has 0 spiro atoms. The number of hydrogen-bond donors (Lipinski definition) is 1. The van der Waals surface area contributed by atoms with Gasteiger partial charge in [0.2, 0.25) is 4.77 Å². The number of nitrogens with zero attached hydrogens (tertiary/aromatic N) is 3. The van der Waals surface area contributed by atoms with Crippen molar-refractivity contribution >= 4 is 41.6 Å². The maximum absolute atomic E-state index is 6.15. The van der Waals surface area contributed by atoms with Crippen LogP contribution >= 0.6 is 35.4 Å². The van der Waals surface area contributed by atoms with Gasteiger partial charge in [0, 0.05) is 11.1 Å². The first-order chi connectivity index (χ1) is 11.1. The lowest BCUT2D eigenvalue weighted by Gasteiger charge is -2.03. The summed E-state index contributed by atoms with van der Waals surface area (Å²) in [5, 5.41) is 12.4. The number of benzene rings is 2. The molecule has 0 amide bonds. The molecule has 1 heterocycles. The Labute approximate surface area is 148 Å². The van der Waals surface area contributed by atoms with Crippen LogP contribution in [-0.2, 0) is 0 Å². The minimum absolute atomic E-state index is 0.389. The molecule has 0 aliphatic heterocycles. The number of hydrogen-bond acceptors (Lipinski definition) is 3. The van der Waals surface area contributed by atoms with Crippen molar-refractivity contribution in [3.63, 3.8) is 0 Å². The van der Waals surface area contributed by atoms with Gasteiger partial charge in [0.25, 0.3) is 0 Å². The van der Waals surface area contributed by atoms with Gasteiger partial charge in [-0.05, 0) is 31.3 Å². The average Bonchev–Trinajstić information content (AvgIpc) is 2.89. The molecule has 0 fully saturated rings. The number of nitrogens with one attached hydrogen (secondary N) is 1. The molecule has 0 aliphatic rings. The Morgan fingerprint density at radius 2 is 1.78 bits per heavy atom. The van der Waals surface area contributed by atoms with Crippen molar-refractivity contribution in [1.82, 2.24) is 14.9 Å². The molecule has 1 N–H and O–H groups in total. The lowest BCUT2D eigenvalue weighted by molar-refractivity contribution is 0.871. The fraction of sp³-hybridized carbons (Fsp3) is 0.0625. The van der Waals surface area contributed by atoms with Gasteiger partial charge < -0.3 is 0 Å². The molecule has 0 saturated carbocycles. The smallest absolute Gasteiger partial charge is 0.216 e. The minimum Gasteiger partial charge on any atom is -0.250 e. The Kier molecular flexibility index (Phi) is 4.61. The van der Waals surface area contributed by atoms with Gasteiger partial charge in [-0.15, -0.1) is 0 Å². The molecule has 0 radical (unpaired) electrons. The molecule has 0 saturated heterocycles. The quantitative estimate of drug-likeness (QED) is 0.520. The van der Waals surface area contributed by atoms with Gasteiger partial charge in [-0.25, -0.2) is 5.10 Å². The molecule has 2 aromatic carbocycles. The van der Waals surface area contributed by atoms with Gasteiger partial charge in [0.15, 0.2) is 5.82 Å². The molecule has 3 rings (SSSR count). The molecule has 0 aliphatic carbocycles. The van der Waals surface area contributed by atoms with E-state index >= 15 is 0 Å². The van der Waals surface area contributed by atoms with Crippen LogP contribution in [0.2, 0.25) is 10.0 Å². The molecular weight excluding hydrogens is 351 g/mol. The normalized spacial score (nSPS) is 11.3. The van der Waals surface area contributed by atoms with E-state index in [9.17, 15) is 0 Å². The van der Waals surface area contributed by atoms with Crippen molar-refractivity contribution in [2.24, 2.45) is 5.10 Å². The summed E-state index contributed by atoms with van der Waals surface area (Å²) in [6.07, 6.45) is 1.58. The number of H-pyrrole nitrogens is 1. The summed E-state index contributed by atoms with van der Waals surface area (Å²) in [6, 6.07) is 13.2. The van der Waals surface area contributed by atoms with Crippen molar-refractivity contribution in [1.29, 1.82) is 0 Å². The molecular formula is C16H12Cl2N4S. The predicted molar refractivity (Wildman–Crippen MR) is 97.0 cm³/mol. The summed E-state index contributed by atoms with van der Waals surface area (Å²) in [6.45, 7) is 2.03. The van der Waals surface area contributed by atoms with Gasteiger partial charge in [0.1, 0.15) is 0 Å². The van der Waals surface area contributed by atoms with E-state index in [0.717, 1.165) is 5.56 Å². The predicted octanol–water partition coefficient (Wildman–Crippen LogP) is 5.11. The molecule has 116 valence electrons. The van der Waals surface area contributed by atoms with Crippen molar-refractivity contribution < 1.29 is 0 Å². The zero-order chi connectivity index (χ0) is 16.4. The molecule has 7 heteroatoms. The molecule has 0 bridgehead atoms. The minimum atomic E-state index is 0.389. The molecule has 1 aromatic heterocycles. The molecule has 23 heavy (non-hydrogen) atoms. The van der Waals surface area contributed by atoms with E-state index in [2.05, 4.69) is 15.3 Å². The molecule has 3 aromatic rings. The number of rotatable bonds is 3. The molecule has 0 atom stereocenters. The fourth-order valence-electron chi connectivity index (χ4n) is 2.04. The summed E-state index contributed by atoms with van der Waals surface area (Å²) < 4.78 is 1.93. The van der Waals surface area contributed by atoms with Crippen LogP contribution in [0.1, 0.15) is 11.1 Å². The van der Waals surface area contributed by atoms with Gasteiger partial charge in [-0.2, -0.15) is 14.9 Å². The summed E-state index contributed by atoms with van der Waals surface area (Å²) in [7, 11) is 0. The van der Waals surface area contributed by atoms with Crippen LogP contribution in [0.25, 0.3) is 11.4 Å². The van der Waals surface area contributed by atoms with Gasteiger partial charge in [0.05, 0.1) is 16.3 Å². The number of halogens is 2. The van der Waals surface area contributed by atoms with E-state index in [1.807, 2.05) is 31.2 Å². The van der Waals surface area contributed by atoms with Crippen LogP contribution in [-0.4, -0.2) is 21.1 Å². The highest BCUT2D eigenvalue weighted by atomic mass is 35.5. The van der Waals surface area contributed by atoms with E-state index in [0.29, 0.717) is 26.2 Å². The SMILES string of the molecule is Cc1ccc(-c2n[nH]c(=S)n2/N=C\c2c(Cl)cccc2Cl)cc1. The summed E-state index contributed by atoms with van der Waals surface area (Å²) in [5.74, 6) is 0.620. The zero-order valence-electron chi connectivity index (χ0n) is 12.1. The second kappa shape index (κ2) is 6.66. The van der Waals surface area contributed by atoms with Crippen LogP contribution < -0.4 is 0 Å². The van der Waals surface area contributed by atoms with E-state index < -0.39 is 0 Å². The van der Waals surface area contributed by atoms with Crippen molar-refractivity contribution in [3.05, 3.63) is 68.4 Å². The Bertz CT molecular complexity index is 906. The van der Waals surface area contributed by atoms with Gasteiger partial charge in [-0.3, -0.25) is 0 Å². The Morgan fingerprint density at radius 1 is 1.13 bits per heavy atom. The second-order valence-electron chi connectivity index (χ2n) is 4.91. The molecule has 4 nitrogen and oxygen atoms in total. The topological polar surface area (TPSA) is 46.0 Å². The molecule has 0 unspecified atom stereocenters. The standard InChI is InChI=1S/C16H12Cl2N4S/c1-10-5-7-11(8-6-10)15-20-21-16(23)22(15)19-9-12-13(17)3-2-4-14(12)18/h2-9H,1H3,(H,21,23)/b19-9-. The van der Waals surface area contributed by atoms with Crippen molar-refractivity contribution in [2.75, 3.05) is 0 Å². The third kappa shape index (κ3) is 3.37. The highest BCUT2D eigenvalue weighted by molar-refractivity contribution is 7.71. The van der Waals surface area contributed by atoms with Crippen LogP contribution in [0.4, 0.5) is 0 Å². The third-order valence-electron chi connectivity index (χ3n) is 3.26. The second-order valence-corrected chi connectivity index (χ2v) is 6.11. The zero-order valence-corrected chi connectivity index (χ0v) is 14.5. The maximum atomic E-state index is 6.15. The largest absolute Gasteiger partial charge is 0.250 e. The first kappa shape index (κ1) is 15.9. The monoisotopic (exact) mass is 362 g/mol. The van der Waals surface area contributed by atoms with E-state index in [-0.39, 0.29) is 0 Å². The van der Waals surface area contributed by atoms with Crippen LogP contribution in [0, 0.1) is 11.7 Å². The van der Waals surface area contributed by atoms with E-state index in [1.165, 1.54) is 5.56 Å². The summed E-state index contributed by atoms with van der Waals surface area (Å²) in [5.41, 5.74) is 2.71. The lowest BCUT2D eigenvalue weighted by atomic mass is 10.1. The highest BCUT2D eigenvalue weighted by Gasteiger charge is 2.08. The Morgan fingerprint density at radius 3 is 2.43 bits per heavy atom. The lowest BCUT2D eigenvalue weighted by Crippen LogP contribution is -1.96. The Hall–Kier alpha value is -1.95. The Balaban J connectivity index is 2.04. The average molecular weight is 363 g/mol. The first-order valence-corrected chi connectivity index (χ1v) is 7.95. The van der Waals surface area contributed by atoms with Crippen molar-refractivity contribution in [2.45, 2.75) is 6.92 Å². The van der Waals surface area contributed by atoms with E-state index in [1.54, 1.807) is 29.1 Å². The van der Waals surface area contributed by atoms with Crippen LogP contribution in [0.5, 0.6) is 0 Å². The first-order valence-electron chi connectivity index (χ1n) is 6.79. The number of aromatic nitrogens is 3. The summed E-state index contributed by atoms with van der Waals surface area (Å²) in [4.78, 5) is 0. The third-order valence-corrected chi connectivity index (χ3v) is 4.19. The van der Waals surface area contributed by atoms with E-state index in [4.69, 9.17) is 35.4 Å². The van der Waals surface area contributed by atoms with Gasteiger partial charge in [-0.1, -0.05) is 59.1 Å². The van der Waals surface area contributed by atoms with Crippen LogP contribution in [0.3, 0.4) is 0 Å². The highest BCUT2D eigenvalue weighted by Crippen LogP contribution is 2.23. The van der Waals surface area contributed by atoms with Gasteiger partial charge >= 0.3 is 0 Å². The fourth-order valence-corrected chi connectivity index (χ4v) is 2.71. The summed E-state index contributed by atoms with van der Waals surface area (Å²) >= 11 is 17.5. The maximum Gasteiger partial charge on any atom is 0.216 e.